The Morgan fingerprint density at radius 3 is 2.36 bits per heavy atom. The maximum absolute atomic E-state index is 12.5. The average Bonchev–Trinajstić information content (AvgIpc) is 2.15. The maximum Gasteiger partial charge on any atom is 0.217 e. The molecule has 1 amide bonds. The number of nitrogens with one attached hydrogen (secondary N) is 1. The Labute approximate surface area is 80.9 Å². The molecule has 0 bridgehead atoms. The number of benzene rings is 1. The molecule has 0 aliphatic heterocycles. The van der Waals surface area contributed by atoms with Crippen LogP contribution < -0.4 is 5.32 Å². The third-order valence-electron chi connectivity index (χ3n) is 1.66. The van der Waals surface area contributed by atoms with Crippen molar-refractivity contribution < 1.29 is 14.0 Å². The minimum absolute atomic E-state index is 0.0546. The standard InChI is InChI=1S/C10H10FNO2/c1-7(13)12-6-10(14)8-2-4-9(11)5-3-8/h2-5H,6H2,1H3,(H,12,13). The first-order valence-corrected chi connectivity index (χ1v) is 4.13. The molecule has 0 aromatic heterocycles. The smallest absolute Gasteiger partial charge is 0.217 e. The number of hydrogen-bond acceptors (Lipinski definition) is 2. The fraction of sp³-hybridized carbons (Fsp3) is 0.200. The number of Topliss-reactive ketones (excluding diaryl/α,β-unsaturated/α-hetero) is 1. The lowest BCUT2D eigenvalue weighted by Crippen LogP contribution is -2.27. The van der Waals surface area contributed by atoms with E-state index in [2.05, 4.69) is 5.32 Å². The highest BCUT2D eigenvalue weighted by atomic mass is 19.1. The summed E-state index contributed by atoms with van der Waals surface area (Å²) < 4.78 is 12.5. The van der Waals surface area contributed by atoms with Crippen molar-refractivity contribution in [1.82, 2.24) is 5.32 Å². The fourth-order valence-corrected chi connectivity index (χ4v) is 0.943. The molecule has 1 N–H and O–H groups in total. The zero-order chi connectivity index (χ0) is 10.6. The Morgan fingerprint density at radius 1 is 1.29 bits per heavy atom. The Hall–Kier alpha value is -1.71. The number of amides is 1. The summed E-state index contributed by atoms with van der Waals surface area (Å²) in [5, 5.41) is 2.38. The van der Waals surface area contributed by atoms with Gasteiger partial charge in [-0.2, -0.15) is 0 Å². The highest BCUT2D eigenvalue weighted by Gasteiger charge is 2.05. The number of halogens is 1. The van der Waals surface area contributed by atoms with Gasteiger partial charge < -0.3 is 5.32 Å². The minimum Gasteiger partial charge on any atom is -0.349 e. The van der Waals surface area contributed by atoms with Gasteiger partial charge in [0, 0.05) is 12.5 Å². The largest absolute Gasteiger partial charge is 0.349 e. The molecule has 0 unspecified atom stereocenters. The fourth-order valence-electron chi connectivity index (χ4n) is 0.943. The van der Waals surface area contributed by atoms with E-state index < -0.39 is 0 Å². The SMILES string of the molecule is CC(=O)NCC(=O)c1ccc(F)cc1. The molecular formula is C10H10FNO2. The lowest BCUT2D eigenvalue weighted by molar-refractivity contribution is -0.118. The molecule has 0 spiro atoms. The van der Waals surface area contributed by atoms with E-state index in [9.17, 15) is 14.0 Å². The molecule has 4 heteroatoms. The number of ketones is 1. The van der Waals surface area contributed by atoms with Crippen LogP contribution in [0.2, 0.25) is 0 Å². The molecule has 1 aromatic rings. The predicted octanol–water partition coefficient (Wildman–Crippen LogP) is 1.14. The normalized spacial score (nSPS) is 9.57. The van der Waals surface area contributed by atoms with Gasteiger partial charge in [-0.25, -0.2) is 4.39 Å². The van der Waals surface area contributed by atoms with Crippen molar-refractivity contribution in [2.24, 2.45) is 0 Å². The molecule has 0 heterocycles. The monoisotopic (exact) mass is 195 g/mol. The van der Waals surface area contributed by atoms with Crippen molar-refractivity contribution in [3.8, 4) is 0 Å². The van der Waals surface area contributed by atoms with E-state index in [0.29, 0.717) is 5.56 Å². The molecule has 0 saturated heterocycles. The summed E-state index contributed by atoms with van der Waals surface area (Å²) in [6, 6.07) is 5.20. The summed E-state index contributed by atoms with van der Waals surface area (Å²) in [6.45, 7) is 1.28. The van der Waals surface area contributed by atoms with Gasteiger partial charge in [0.1, 0.15) is 5.82 Å². The molecule has 3 nitrogen and oxygen atoms in total. The van der Waals surface area contributed by atoms with Crippen LogP contribution in [0.5, 0.6) is 0 Å². The second-order valence-electron chi connectivity index (χ2n) is 2.84. The highest BCUT2D eigenvalue weighted by molar-refractivity contribution is 5.99. The molecule has 0 radical (unpaired) electrons. The highest BCUT2D eigenvalue weighted by Crippen LogP contribution is 2.02. The molecule has 0 fully saturated rings. The Kier molecular flexibility index (Phi) is 3.34. The van der Waals surface area contributed by atoms with Crippen LogP contribution in [0.15, 0.2) is 24.3 Å². The van der Waals surface area contributed by atoms with Crippen LogP contribution in [-0.2, 0) is 4.79 Å². The molecule has 0 atom stereocenters. The predicted molar refractivity (Wildman–Crippen MR) is 49.4 cm³/mol. The molecule has 74 valence electrons. The molecule has 0 aliphatic carbocycles. The second-order valence-corrected chi connectivity index (χ2v) is 2.84. The first kappa shape index (κ1) is 10.4. The summed E-state index contributed by atoms with van der Waals surface area (Å²) in [6.07, 6.45) is 0. The molecule has 1 rings (SSSR count). The minimum atomic E-state index is -0.388. The molecule has 0 aliphatic rings. The average molecular weight is 195 g/mol. The van der Waals surface area contributed by atoms with E-state index in [4.69, 9.17) is 0 Å². The van der Waals surface area contributed by atoms with Crippen LogP contribution in [0.4, 0.5) is 4.39 Å². The van der Waals surface area contributed by atoms with Gasteiger partial charge in [0.25, 0.3) is 0 Å². The van der Waals surface area contributed by atoms with Crippen LogP contribution in [-0.4, -0.2) is 18.2 Å². The van der Waals surface area contributed by atoms with Crippen LogP contribution in [0.3, 0.4) is 0 Å². The number of hydrogen-bond donors (Lipinski definition) is 1. The van der Waals surface area contributed by atoms with Crippen LogP contribution in [0.25, 0.3) is 0 Å². The van der Waals surface area contributed by atoms with Gasteiger partial charge in [0.15, 0.2) is 5.78 Å². The van der Waals surface area contributed by atoms with E-state index in [1.807, 2.05) is 0 Å². The van der Waals surface area contributed by atoms with Crippen molar-refractivity contribution in [3.05, 3.63) is 35.6 Å². The van der Waals surface area contributed by atoms with E-state index in [-0.39, 0.29) is 24.1 Å². The quantitative estimate of drug-likeness (QED) is 0.735. The molecule has 0 saturated carbocycles. The zero-order valence-electron chi connectivity index (χ0n) is 7.71. The van der Waals surface area contributed by atoms with Gasteiger partial charge in [-0.1, -0.05) is 0 Å². The summed E-state index contributed by atoms with van der Waals surface area (Å²) in [7, 11) is 0. The molecule has 1 aromatic carbocycles. The van der Waals surface area contributed by atoms with Crippen LogP contribution in [0, 0.1) is 5.82 Å². The first-order chi connectivity index (χ1) is 6.59. The second kappa shape index (κ2) is 4.50. The van der Waals surface area contributed by atoms with Gasteiger partial charge >= 0.3 is 0 Å². The summed E-state index contributed by atoms with van der Waals surface area (Å²) >= 11 is 0. The van der Waals surface area contributed by atoms with Crippen molar-refractivity contribution >= 4 is 11.7 Å². The number of rotatable bonds is 3. The lowest BCUT2D eigenvalue weighted by atomic mass is 10.1. The van der Waals surface area contributed by atoms with Gasteiger partial charge in [0.2, 0.25) is 5.91 Å². The summed E-state index contributed by atoms with van der Waals surface area (Å²) in [4.78, 5) is 21.8. The van der Waals surface area contributed by atoms with Crippen LogP contribution in [0.1, 0.15) is 17.3 Å². The first-order valence-electron chi connectivity index (χ1n) is 4.13. The van der Waals surface area contributed by atoms with Crippen molar-refractivity contribution in [1.29, 1.82) is 0 Å². The maximum atomic E-state index is 12.5. The number of carbonyl (C=O) groups is 2. The lowest BCUT2D eigenvalue weighted by Gasteiger charge is -2.01. The van der Waals surface area contributed by atoms with E-state index in [1.165, 1.54) is 31.2 Å². The van der Waals surface area contributed by atoms with Gasteiger partial charge in [-0.3, -0.25) is 9.59 Å². The summed E-state index contributed by atoms with van der Waals surface area (Å²) in [5.41, 5.74) is 0.389. The van der Waals surface area contributed by atoms with Crippen molar-refractivity contribution in [2.75, 3.05) is 6.54 Å². The van der Waals surface area contributed by atoms with Crippen LogP contribution >= 0.6 is 0 Å². The number of carbonyl (C=O) groups excluding carboxylic acids is 2. The van der Waals surface area contributed by atoms with Crippen molar-refractivity contribution in [2.45, 2.75) is 6.92 Å². The zero-order valence-corrected chi connectivity index (χ0v) is 7.71. The Morgan fingerprint density at radius 2 is 1.86 bits per heavy atom. The van der Waals surface area contributed by atoms with E-state index >= 15 is 0 Å². The molecular weight excluding hydrogens is 185 g/mol. The van der Waals surface area contributed by atoms with E-state index in [0.717, 1.165) is 0 Å². The van der Waals surface area contributed by atoms with Crippen molar-refractivity contribution in [3.63, 3.8) is 0 Å². The van der Waals surface area contributed by atoms with Gasteiger partial charge in [-0.05, 0) is 24.3 Å². The Bertz CT molecular complexity index is 346. The third kappa shape index (κ3) is 2.97. The topological polar surface area (TPSA) is 46.2 Å². The summed E-state index contributed by atoms with van der Waals surface area (Å²) in [5.74, 6) is -0.887. The molecule has 14 heavy (non-hydrogen) atoms. The Balaban J connectivity index is 2.61. The van der Waals surface area contributed by atoms with Gasteiger partial charge in [0.05, 0.1) is 6.54 Å². The third-order valence-corrected chi connectivity index (χ3v) is 1.66. The van der Waals surface area contributed by atoms with E-state index in [1.54, 1.807) is 0 Å². The van der Waals surface area contributed by atoms with Gasteiger partial charge in [-0.15, -0.1) is 0 Å².